The minimum atomic E-state index is 0. The Morgan fingerprint density at radius 3 is 2.00 bits per heavy atom. The van der Waals surface area contributed by atoms with Gasteiger partial charge in [0.2, 0.25) is 0 Å². The van der Waals surface area contributed by atoms with Crippen LogP contribution in [0.15, 0.2) is 0 Å². The molecular weight excluding hydrogens is 258 g/mol. The quantitative estimate of drug-likeness (QED) is 0.546. The Bertz CT molecular complexity index is 16.1. The second-order valence-electron chi connectivity index (χ2n) is 1.56. The molecule has 0 spiro atoms. The summed E-state index contributed by atoms with van der Waals surface area (Å²) in [5.74, 6) is 0. The molecule has 0 aromatic carbocycles. The summed E-state index contributed by atoms with van der Waals surface area (Å²) in [4.78, 5) is 0. The topological polar surface area (TPSA) is 0 Å². The van der Waals surface area contributed by atoms with E-state index in [4.69, 9.17) is 0 Å². The van der Waals surface area contributed by atoms with Crippen LogP contribution in [0.4, 0.5) is 0 Å². The van der Waals surface area contributed by atoms with Crippen molar-refractivity contribution in [1.29, 1.82) is 0 Å². The molecule has 0 nitrogen and oxygen atoms in total. The molecule has 0 saturated heterocycles. The van der Waals surface area contributed by atoms with Crippen LogP contribution < -0.4 is 0 Å². The van der Waals surface area contributed by atoms with Gasteiger partial charge in [0, 0.05) is 20.4 Å². The third kappa shape index (κ3) is 10.8. The summed E-state index contributed by atoms with van der Waals surface area (Å²) >= 11 is 0. The third-order valence-corrected chi connectivity index (χ3v) is 0.854. The molecule has 0 aromatic rings. The van der Waals surface area contributed by atoms with Gasteiger partial charge in [-0.05, 0) is 0 Å². The number of unbranched alkanes of at least 4 members (excludes halogenated alkanes) is 3. The molecular formula is C6H13Re-. The van der Waals surface area contributed by atoms with Crippen molar-refractivity contribution in [3.8, 4) is 0 Å². The van der Waals surface area contributed by atoms with Crippen LogP contribution in [-0.2, 0) is 20.4 Å². The van der Waals surface area contributed by atoms with Crippen molar-refractivity contribution in [2.75, 3.05) is 0 Å². The molecule has 0 heterocycles. The number of rotatable bonds is 3. The van der Waals surface area contributed by atoms with E-state index in [0.717, 1.165) is 6.42 Å². The Morgan fingerprint density at radius 2 is 1.86 bits per heavy atom. The SMILES string of the molecule is [CH2-]CCCCC.[Re]. The molecule has 45 valence electrons. The van der Waals surface area contributed by atoms with Crippen molar-refractivity contribution in [3.63, 3.8) is 0 Å². The fraction of sp³-hybridized carbons (Fsp3) is 0.833. The zero-order valence-electron chi connectivity index (χ0n) is 4.91. The van der Waals surface area contributed by atoms with Crippen LogP contribution in [0, 0.1) is 6.92 Å². The zero-order valence-corrected chi connectivity index (χ0v) is 7.63. The number of hydrogen-bond acceptors (Lipinski definition) is 0. The molecule has 0 saturated carbocycles. The first-order valence-electron chi connectivity index (χ1n) is 2.71. The largest absolute Gasteiger partial charge is 0.343 e. The first-order chi connectivity index (χ1) is 2.91. The van der Waals surface area contributed by atoms with Crippen LogP contribution in [0.2, 0.25) is 0 Å². The average molecular weight is 271 g/mol. The fourth-order valence-corrected chi connectivity index (χ4v) is 0.427. The van der Waals surface area contributed by atoms with Crippen LogP contribution in [0.1, 0.15) is 32.6 Å². The van der Waals surface area contributed by atoms with E-state index in [1.54, 1.807) is 0 Å². The van der Waals surface area contributed by atoms with E-state index in [2.05, 4.69) is 13.8 Å². The predicted octanol–water partition coefficient (Wildman–Crippen LogP) is 2.40. The minimum Gasteiger partial charge on any atom is -0.343 e. The summed E-state index contributed by atoms with van der Waals surface area (Å²) in [7, 11) is 0. The molecule has 1 radical (unpaired) electrons. The number of hydrogen-bond donors (Lipinski definition) is 0. The summed E-state index contributed by atoms with van der Waals surface area (Å²) in [6.45, 7) is 5.93. The van der Waals surface area contributed by atoms with E-state index in [1.165, 1.54) is 19.3 Å². The molecule has 0 aliphatic heterocycles. The van der Waals surface area contributed by atoms with E-state index in [1.807, 2.05) is 0 Å². The second kappa shape index (κ2) is 9.83. The Morgan fingerprint density at radius 1 is 1.29 bits per heavy atom. The van der Waals surface area contributed by atoms with Gasteiger partial charge in [-0.25, -0.2) is 0 Å². The van der Waals surface area contributed by atoms with Crippen LogP contribution in [-0.4, -0.2) is 0 Å². The van der Waals surface area contributed by atoms with Gasteiger partial charge in [0.1, 0.15) is 0 Å². The molecule has 0 atom stereocenters. The minimum absolute atomic E-state index is 0. The van der Waals surface area contributed by atoms with Crippen molar-refractivity contribution in [2.45, 2.75) is 32.6 Å². The van der Waals surface area contributed by atoms with Crippen LogP contribution in [0.5, 0.6) is 0 Å². The fourth-order valence-electron chi connectivity index (χ4n) is 0.427. The van der Waals surface area contributed by atoms with E-state index >= 15 is 0 Å². The van der Waals surface area contributed by atoms with Gasteiger partial charge in [-0.15, -0.1) is 0 Å². The molecule has 7 heavy (non-hydrogen) atoms. The first kappa shape index (κ1) is 10.6. The van der Waals surface area contributed by atoms with E-state index in [-0.39, 0.29) is 20.4 Å². The summed E-state index contributed by atoms with van der Waals surface area (Å²) in [6, 6.07) is 0. The zero-order chi connectivity index (χ0) is 4.83. The summed E-state index contributed by atoms with van der Waals surface area (Å²) in [6.07, 6.45) is 5.07. The van der Waals surface area contributed by atoms with Gasteiger partial charge in [-0.2, -0.15) is 6.42 Å². The van der Waals surface area contributed by atoms with E-state index in [0.29, 0.717) is 0 Å². The van der Waals surface area contributed by atoms with Gasteiger partial charge in [-0.3, -0.25) is 0 Å². The molecule has 0 aliphatic rings. The summed E-state index contributed by atoms with van der Waals surface area (Å²) in [5.41, 5.74) is 0. The van der Waals surface area contributed by atoms with Gasteiger partial charge in [0.05, 0.1) is 0 Å². The van der Waals surface area contributed by atoms with Crippen molar-refractivity contribution >= 4 is 0 Å². The molecule has 0 fully saturated rings. The van der Waals surface area contributed by atoms with E-state index < -0.39 is 0 Å². The molecule has 0 bridgehead atoms. The monoisotopic (exact) mass is 272 g/mol. The average Bonchev–Trinajstić information content (AvgIpc) is 1.61. The molecule has 1 heteroatoms. The maximum Gasteiger partial charge on any atom is 0 e. The maximum absolute atomic E-state index is 3.72. The summed E-state index contributed by atoms with van der Waals surface area (Å²) in [5, 5.41) is 0. The third-order valence-electron chi connectivity index (χ3n) is 0.854. The molecule has 0 aromatic heterocycles. The van der Waals surface area contributed by atoms with Gasteiger partial charge < -0.3 is 6.92 Å². The second-order valence-corrected chi connectivity index (χ2v) is 1.56. The van der Waals surface area contributed by atoms with Crippen molar-refractivity contribution in [1.82, 2.24) is 0 Å². The van der Waals surface area contributed by atoms with Crippen molar-refractivity contribution < 1.29 is 20.4 Å². The molecule has 0 N–H and O–H groups in total. The Balaban J connectivity index is 0. The molecule has 0 amide bonds. The van der Waals surface area contributed by atoms with Crippen LogP contribution >= 0.6 is 0 Å². The van der Waals surface area contributed by atoms with Gasteiger partial charge in [0.25, 0.3) is 0 Å². The first-order valence-corrected chi connectivity index (χ1v) is 2.71. The Kier molecular flexibility index (Phi) is 14.9. The van der Waals surface area contributed by atoms with Crippen molar-refractivity contribution in [3.05, 3.63) is 6.92 Å². The van der Waals surface area contributed by atoms with Crippen LogP contribution in [0.25, 0.3) is 0 Å². The Labute approximate surface area is 60.3 Å². The van der Waals surface area contributed by atoms with Crippen LogP contribution in [0.3, 0.4) is 0 Å². The molecule has 0 aliphatic carbocycles. The smallest absolute Gasteiger partial charge is 0 e. The van der Waals surface area contributed by atoms with Crippen molar-refractivity contribution in [2.24, 2.45) is 0 Å². The standard InChI is InChI=1S/C6H13.Re/c1-3-5-6-4-2;/h1,3-6H2,2H3;/q-1;. The van der Waals surface area contributed by atoms with E-state index in [9.17, 15) is 0 Å². The normalized spacial score (nSPS) is 7.71. The Hall–Kier alpha value is 0.662. The van der Waals surface area contributed by atoms with Gasteiger partial charge in [-0.1, -0.05) is 26.2 Å². The van der Waals surface area contributed by atoms with Gasteiger partial charge in [0.15, 0.2) is 0 Å². The predicted molar refractivity (Wildman–Crippen MR) is 29.5 cm³/mol. The summed E-state index contributed by atoms with van der Waals surface area (Å²) < 4.78 is 0. The molecule has 0 rings (SSSR count). The van der Waals surface area contributed by atoms with Gasteiger partial charge >= 0.3 is 0 Å². The maximum atomic E-state index is 3.72. The molecule has 0 unspecified atom stereocenters.